The molecule has 6 heterocycles. The van der Waals surface area contributed by atoms with E-state index in [0.29, 0.717) is 35.5 Å². The minimum absolute atomic E-state index is 0.0375. The molecule has 2 unspecified atom stereocenters. The molecule has 0 radical (unpaired) electrons. The number of rotatable bonds is 15. The predicted molar refractivity (Wildman–Crippen MR) is 228 cm³/mol. The summed E-state index contributed by atoms with van der Waals surface area (Å²) in [5.74, 6) is 2.64. The summed E-state index contributed by atoms with van der Waals surface area (Å²) in [6.07, 6.45) is 20.1. The number of ether oxygens (including phenoxy) is 2. The molecule has 0 bridgehead atoms. The number of esters is 1. The number of morpholine rings is 1. The second-order valence-electron chi connectivity index (χ2n) is 14.3. The van der Waals surface area contributed by atoms with Gasteiger partial charge in [0.05, 0.1) is 31.0 Å². The van der Waals surface area contributed by atoms with E-state index >= 15 is 0 Å². The largest absolute Gasteiger partial charge is 0.465 e. The van der Waals surface area contributed by atoms with Crippen LogP contribution in [0.25, 0.3) is 10.1 Å². The van der Waals surface area contributed by atoms with Gasteiger partial charge in [-0.3, -0.25) is 24.3 Å². The lowest BCUT2D eigenvalue weighted by Crippen LogP contribution is -2.45. The van der Waals surface area contributed by atoms with Crippen LogP contribution in [0.15, 0.2) is 67.4 Å². The van der Waals surface area contributed by atoms with E-state index in [1.165, 1.54) is 55.4 Å². The van der Waals surface area contributed by atoms with Gasteiger partial charge in [-0.05, 0) is 67.3 Å². The molecule has 4 aliphatic heterocycles. The summed E-state index contributed by atoms with van der Waals surface area (Å²) in [6, 6.07) is 8.26. The maximum atomic E-state index is 11.8. The topological polar surface area (TPSA) is 187 Å². The van der Waals surface area contributed by atoms with Gasteiger partial charge in [-0.2, -0.15) is 0 Å². The summed E-state index contributed by atoms with van der Waals surface area (Å²) in [4.78, 5) is 70.5. The summed E-state index contributed by atoms with van der Waals surface area (Å²) in [5.41, 5.74) is 7.50. The molecule has 3 N–H and O–H groups in total. The first-order chi connectivity index (χ1) is 28.8. The highest BCUT2D eigenvalue weighted by Crippen LogP contribution is 2.38. The minimum atomic E-state index is -1.22. The Bertz CT molecular complexity index is 1960. The van der Waals surface area contributed by atoms with Crippen molar-refractivity contribution in [3.63, 3.8) is 0 Å². The number of allylic oxidation sites excluding steroid dienone is 4. The van der Waals surface area contributed by atoms with Gasteiger partial charge in [0.2, 0.25) is 12.3 Å². The fraction of sp³-hybridized carbons (Fsp3) is 0.476. The van der Waals surface area contributed by atoms with Crippen LogP contribution >= 0.6 is 19.6 Å². The first kappa shape index (κ1) is 45.1. The highest BCUT2D eigenvalue weighted by Gasteiger charge is 2.31. The van der Waals surface area contributed by atoms with Crippen LogP contribution in [0, 0.1) is 0 Å². The van der Waals surface area contributed by atoms with Gasteiger partial charge in [0, 0.05) is 79.8 Å². The summed E-state index contributed by atoms with van der Waals surface area (Å²) >= 11 is 1.35. The number of nitrogens with two attached hydrogens (primary N) is 1. The molecule has 3 amide bonds. The number of benzene rings is 1. The van der Waals surface area contributed by atoms with E-state index in [1.807, 2.05) is 31.3 Å². The maximum absolute atomic E-state index is 11.8. The van der Waals surface area contributed by atoms with Crippen LogP contribution in [-0.4, -0.2) is 115 Å². The van der Waals surface area contributed by atoms with Gasteiger partial charge in [-0.1, -0.05) is 31.6 Å². The quantitative estimate of drug-likeness (QED) is 0.0506. The Morgan fingerprint density at radius 1 is 1.10 bits per heavy atom. The Balaban J connectivity index is 0.000000190. The third kappa shape index (κ3) is 14.1. The van der Waals surface area contributed by atoms with Gasteiger partial charge >= 0.3 is 5.97 Å². The molecule has 7 rings (SSSR count). The number of primary amides is 1. The summed E-state index contributed by atoms with van der Waals surface area (Å²) in [6.45, 7) is 8.15. The van der Waals surface area contributed by atoms with Crippen LogP contribution in [0.5, 0.6) is 0 Å². The molecule has 3 aromatic rings. The molecule has 15 nitrogen and oxygen atoms in total. The average Bonchev–Trinajstić information content (AvgIpc) is 3.86. The van der Waals surface area contributed by atoms with E-state index < -0.39 is 14.2 Å². The van der Waals surface area contributed by atoms with Gasteiger partial charge in [-0.25, -0.2) is 14.8 Å². The molecule has 4 aliphatic rings. The van der Waals surface area contributed by atoms with Crippen molar-refractivity contribution in [2.24, 2.45) is 5.73 Å². The molecular weight excluding hydrogens is 794 g/mol. The average molecular weight is 848 g/mol. The molecule has 0 spiro atoms. The number of likely N-dealkylation sites (tertiary alicyclic amines) is 1. The molecule has 0 aliphatic carbocycles. The van der Waals surface area contributed by atoms with Crippen molar-refractivity contribution in [1.82, 2.24) is 24.9 Å². The summed E-state index contributed by atoms with van der Waals surface area (Å²) in [5, 5.41) is 4.03. The first-order valence-corrected chi connectivity index (χ1v) is 22.4. The minimum Gasteiger partial charge on any atom is -0.465 e. The highest BCUT2D eigenvalue weighted by molar-refractivity contribution is 7.49. The number of hydrogen-bond donors (Lipinski definition) is 2. The second-order valence-corrected chi connectivity index (χ2v) is 17.0. The molecule has 316 valence electrons. The smallest absolute Gasteiger partial charge is 0.320 e. The van der Waals surface area contributed by atoms with Crippen LogP contribution in [0.4, 0.5) is 5.82 Å². The van der Waals surface area contributed by atoms with E-state index in [9.17, 15) is 24.0 Å². The fourth-order valence-corrected chi connectivity index (χ4v) is 9.27. The van der Waals surface area contributed by atoms with E-state index in [-0.39, 0.29) is 12.5 Å². The van der Waals surface area contributed by atoms with E-state index in [2.05, 4.69) is 24.9 Å². The number of nitrogens with zero attached hydrogens (tertiary/aromatic N) is 5. The number of aromatic nitrogens is 2. The summed E-state index contributed by atoms with van der Waals surface area (Å²) in [7, 11) is -1.22. The van der Waals surface area contributed by atoms with Crippen molar-refractivity contribution < 1.29 is 38.0 Å². The van der Waals surface area contributed by atoms with Crippen molar-refractivity contribution >= 4 is 65.7 Å². The predicted octanol–water partition coefficient (Wildman–Crippen LogP) is 5.25. The Labute approximate surface area is 350 Å². The molecule has 4 fully saturated rings. The zero-order valence-electron chi connectivity index (χ0n) is 33.5. The van der Waals surface area contributed by atoms with Crippen LogP contribution in [-0.2, 0) is 39.3 Å². The third-order valence-electron chi connectivity index (χ3n) is 10.1. The molecule has 0 saturated carbocycles. The number of thiophene rings is 1. The number of fused-ring (bicyclic) bond motifs is 2. The van der Waals surface area contributed by atoms with Crippen molar-refractivity contribution in [3.8, 4) is 0 Å². The molecule has 2 atom stereocenters. The normalized spacial score (nSPS) is 18.4. The number of carbonyl (C=O) groups is 4. The van der Waals surface area contributed by atoms with E-state index in [4.69, 9.17) is 19.7 Å². The van der Waals surface area contributed by atoms with E-state index in [1.54, 1.807) is 35.4 Å². The van der Waals surface area contributed by atoms with Crippen molar-refractivity contribution in [3.05, 3.63) is 83.4 Å². The number of anilines is 1. The Morgan fingerprint density at radius 3 is 2.68 bits per heavy atom. The van der Waals surface area contributed by atoms with Gasteiger partial charge in [0.15, 0.2) is 8.30 Å². The second kappa shape index (κ2) is 24.2. The molecule has 4 saturated heterocycles. The molecule has 2 aromatic heterocycles. The molecule has 59 heavy (non-hydrogen) atoms. The van der Waals surface area contributed by atoms with Gasteiger partial charge in [0.1, 0.15) is 24.6 Å². The van der Waals surface area contributed by atoms with Gasteiger partial charge in [0.25, 0.3) is 5.91 Å². The van der Waals surface area contributed by atoms with Crippen molar-refractivity contribution in [2.45, 2.75) is 70.0 Å². The van der Waals surface area contributed by atoms with Gasteiger partial charge < -0.3 is 34.4 Å². The number of amides is 3. The molecule has 1 aromatic carbocycles. The Hall–Kier alpha value is -4.98. The Kier molecular flexibility index (Phi) is 18.5. The van der Waals surface area contributed by atoms with Crippen LogP contribution in [0.3, 0.4) is 0 Å². The number of carbonyl (C=O) groups excluding carboxylic acids is 5. The third-order valence-corrected chi connectivity index (χ3v) is 12.7. The lowest BCUT2D eigenvalue weighted by Gasteiger charge is -2.38. The fourth-order valence-electron chi connectivity index (χ4n) is 7.06. The standard InChI is InChI=1S/C21H23N2O5PS.C12H16N4O2.C9H15NO/c1-2-10-27-20(25)14-23-29(28-11-6-4-3-5-9-24)15-16-7-8-18-17(12-16)13-19(30-18)21(22)26;17-9-15-6-10(7-15)11-5-13-8-14-12(11)16-1-3-18-4-2-16;11-9-6-2-1-4-8-5-3-7-10(8)9/h3-8,11-13,23H,2,10,14-15H2,1H3,(H2,22,26);5,8-10H,1-4,6-7H2;8H,1-7H2/b4-3-,11-6+;;. The lowest BCUT2D eigenvalue weighted by atomic mass is 9.93. The number of hydrogen-bond acceptors (Lipinski definition) is 13. The SMILES string of the molecule is CCCOC(=O)CNP(Cc1ccc2sc(C(N)=O)cc2c1)O/C=C/C=C\C=C=O.O=C1CCCCC2CCCN12.O=CN1CC(c2cncnc2N2CCOCC2)C1. The van der Waals surface area contributed by atoms with Crippen molar-refractivity contribution in [1.29, 1.82) is 0 Å². The van der Waals surface area contributed by atoms with Gasteiger partial charge in [-0.15, -0.1) is 11.3 Å². The monoisotopic (exact) mass is 847 g/mol. The lowest BCUT2D eigenvalue weighted by molar-refractivity contribution is -0.142. The maximum Gasteiger partial charge on any atom is 0.320 e. The van der Waals surface area contributed by atoms with Crippen LogP contribution in [0.2, 0.25) is 0 Å². The number of nitrogens with one attached hydrogen (secondary N) is 1. The zero-order chi connectivity index (χ0) is 41.8. The Morgan fingerprint density at radius 2 is 1.92 bits per heavy atom. The zero-order valence-corrected chi connectivity index (χ0v) is 35.2. The summed E-state index contributed by atoms with van der Waals surface area (Å²) < 4.78 is 17.2. The highest BCUT2D eigenvalue weighted by atomic mass is 32.1. The molecular formula is C42H54N7O8PS. The molecule has 17 heteroatoms. The van der Waals surface area contributed by atoms with Crippen molar-refractivity contribution in [2.75, 3.05) is 64.0 Å². The van der Waals surface area contributed by atoms with Crippen LogP contribution in [0.1, 0.15) is 78.6 Å². The van der Waals surface area contributed by atoms with Crippen LogP contribution < -0.4 is 15.7 Å². The first-order valence-electron chi connectivity index (χ1n) is 20.1. The van der Waals surface area contributed by atoms with E-state index in [0.717, 1.165) is 98.6 Å².